The van der Waals surface area contributed by atoms with Crippen LogP contribution >= 0.6 is 0 Å². The van der Waals surface area contributed by atoms with E-state index < -0.39 is 10.1 Å². The van der Waals surface area contributed by atoms with Crippen molar-refractivity contribution in [2.24, 2.45) is 0 Å². The van der Waals surface area contributed by atoms with Gasteiger partial charge in [0, 0.05) is 5.69 Å². The van der Waals surface area contributed by atoms with Crippen LogP contribution in [0.4, 0.5) is 5.69 Å². The van der Waals surface area contributed by atoms with Crippen LogP contribution in [-0.4, -0.2) is 13.0 Å². The minimum Gasteiger partial charge on any atom is -0.375 e. The quantitative estimate of drug-likeness (QED) is 0.655. The first-order valence-corrected chi connectivity index (χ1v) is 7.46. The Balaban J connectivity index is 2.19. The molecule has 0 aliphatic rings. The Kier molecular flexibility index (Phi) is 4.22. The highest BCUT2D eigenvalue weighted by molar-refractivity contribution is 7.85. The molecule has 0 aromatic heterocycles. The summed E-state index contributed by atoms with van der Waals surface area (Å²) < 4.78 is 30.8. The van der Waals surface area contributed by atoms with E-state index in [0.29, 0.717) is 0 Å². The molecule has 20 heavy (non-hydrogen) atoms. The second-order valence-electron chi connectivity index (χ2n) is 4.27. The Bertz CT molecular complexity index is 679. The smallest absolute Gasteiger partial charge is 0.294 e. The fraction of sp³-hybridized carbons (Fsp3) is 0.0667. The SMILES string of the molecule is C=CC(Nc1ccc(S(=O)(=O)O)cc1)c1ccccc1. The van der Waals surface area contributed by atoms with Crippen molar-refractivity contribution in [2.45, 2.75) is 10.9 Å². The van der Waals surface area contributed by atoms with Crippen LogP contribution in [0.25, 0.3) is 0 Å². The highest BCUT2D eigenvalue weighted by Crippen LogP contribution is 2.21. The Morgan fingerprint density at radius 3 is 2.15 bits per heavy atom. The molecule has 5 heteroatoms. The van der Waals surface area contributed by atoms with Crippen molar-refractivity contribution < 1.29 is 13.0 Å². The zero-order chi connectivity index (χ0) is 14.6. The predicted octanol–water partition coefficient (Wildman–Crippen LogP) is 3.27. The summed E-state index contributed by atoms with van der Waals surface area (Å²) in [4.78, 5) is -0.127. The van der Waals surface area contributed by atoms with Gasteiger partial charge in [-0.2, -0.15) is 8.42 Å². The zero-order valence-corrected chi connectivity index (χ0v) is 11.5. The summed E-state index contributed by atoms with van der Waals surface area (Å²) in [5, 5.41) is 3.23. The topological polar surface area (TPSA) is 66.4 Å². The molecule has 0 radical (unpaired) electrons. The summed E-state index contributed by atoms with van der Waals surface area (Å²) in [6, 6.07) is 15.6. The molecule has 0 saturated carbocycles. The lowest BCUT2D eigenvalue weighted by Gasteiger charge is -2.16. The van der Waals surface area contributed by atoms with Crippen LogP contribution in [0.3, 0.4) is 0 Å². The highest BCUT2D eigenvalue weighted by atomic mass is 32.2. The van der Waals surface area contributed by atoms with Crippen molar-refractivity contribution in [1.29, 1.82) is 0 Å². The molecule has 2 aromatic carbocycles. The summed E-state index contributed by atoms with van der Waals surface area (Å²) in [7, 11) is -4.15. The Morgan fingerprint density at radius 2 is 1.65 bits per heavy atom. The van der Waals surface area contributed by atoms with Crippen molar-refractivity contribution in [1.82, 2.24) is 0 Å². The molecule has 1 atom stereocenters. The number of hydrogen-bond acceptors (Lipinski definition) is 3. The van der Waals surface area contributed by atoms with E-state index in [-0.39, 0.29) is 10.9 Å². The lowest BCUT2D eigenvalue weighted by atomic mass is 10.1. The van der Waals surface area contributed by atoms with Crippen LogP contribution in [0.1, 0.15) is 11.6 Å². The summed E-state index contributed by atoms with van der Waals surface area (Å²) >= 11 is 0. The molecule has 0 heterocycles. The third-order valence-corrected chi connectivity index (χ3v) is 3.74. The number of rotatable bonds is 5. The Hall–Kier alpha value is -2.11. The van der Waals surface area contributed by atoms with Crippen molar-refractivity contribution in [2.75, 3.05) is 5.32 Å². The van der Waals surface area contributed by atoms with Gasteiger partial charge in [0.05, 0.1) is 10.9 Å². The molecule has 104 valence electrons. The average molecular weight is 289 g/mol. The maximum atomic E-state index is 11.0. The van der Waals surface area contributed by atoms with Crippen molar-refractivity contribution in [3.05, 3.63) is 72.8 Å². The van der Waals surface area contributed by atoms with Gasteiger partial charge in [0.2, 0.25) is 0 Å². The monoisotopic (exact) mass is 289 g/mol. The minimum absolute atomic E-state index is 0.0761. The molecular weight excluding hydrogens is 274 g/mol. The van der Waals surface area contributed by atoms with Gasteiger partial charge in [-0.1, -0.05) is 36.4 Å². The second-order valence-corrected chi connectivity index (χ2v) is 5.69. The predicted molar refractivity (Wildman–Crippen MR) is 79.3 cm³/mol. The maximum Gasteiger partial charge on any atom is 0.294 e. The molecule has 0 aliphatic heterocycles. The summed E-state index contributed by atoms with van der Waals surface area (Å²) in [5.41, 5.74) is 1.80. The summed E-state index contributed by atoms with van der Waals surface area (Å²) in [5.74, 6) is 0. The number of benzene rings is 2. The Morgan fingerprint density at radius 1 is 1.05 bits per heavy atom. The molecule has 0 amide bonds. The molecule has 0 saturated heterocycles. The van der Waals surface area contributed by atoms with Crippen molar-refractivity contribution in [3.8, 4) is 0 Å². The first-order chi connectivity index (χ1) is 9.50. The summed E-state index contributed by atoms with van der Waals surface area (Å²) in [6.45, 7) is 3.79. The van der Waals surface area contributed by atoms with Crippen LogP contribution in [0.15, 0.2) is 72.1 Å². The van der Waals surface area contributed by atoms with Crippen molar-refractivity contribution >= 4 is 15.8 Å². The van der Waals surface area contributed by atoms with Gasteiger partial charge in [0.25, 0.3) is 10.1 Å². The number of anilines is 1. The fourth-order valence-corrected chi connectivity index (χ4v) is 2.32. The largest absolute Gasteiger partial charge is 0.375 e. The van der Waals surface area contributed by atoms with Gasteiger partial charge in [0.15, 0.2) is 0 Å². The van der Waals surface area contributed by atoms with Crippen LogP contribution in [-0.2, 0) is 10.1 Å². The maximum absolute atomic E-state index is 11.0. The minimum atomic E-state index is -4.15. The lowest BCUT2D eigenvalue weighted by Crippen LogP contribution is -2.07. The third-order valence-electron chi connectivity index (χ3n) is 2.87. The van der Waals surface area contributed by atoms with E-state index in [1.54, 1.807) is 18.2 Å². The fourth-order valence-electron chi connectivity index (χ4n) is 1.84. The van der Waals surface area contributed by atoms with Gasteiger partial charge in [-0.05, 0) is 29.8 Å². The molecule has 0 aliphatic carbocycles. The molecule has 2 rings (SSSR count). The van der Waals surface area contributed by atoms with Crippen LogP contribution < -0.4 is 5.32 Å². The van der Waals surface area contributed by atoms with Gasteiger partial charge < -0.3 is 5.32 Å². The third kappa shape index (κ3) is 3.46. The second kappa shape index (κ2) is 5.90. The average Bonchev–Trinajstić information content (AvgIpc) is 2.45. The van der Waals surface area contributed by atoms with E-state index in [1.165, 1.54) is 12.1 Å². The van der Waals surface area contributed by atoms with Crippen LogP contribution in [0.5, 0.6) is 0 Å². The van der Waals surface area contributed by atoms with Gasteiger partial charge in [-0.25, -0.2) is 0 Å². The standard InChI is InChI=1S/C15H15NO3S/c1-2-15(12-6-4-3-5-7-12)16-13-8-10-14(11-9-13)20(17,18)19/h2-11,15-16H,1H2,(H,17,18,19). The molecule has 1 unspecified atom stereocenters. The van der Waals surface area contributed by atoms with E-state index in [9.17, 15) is 8.42 Å². The van der Waals surface area contributed by atoms with E-state index >= 15 is 0 Å². The highest BCUT2D eigenvalue weighted by Gasteiger charge is 2.10. The van der Waals surface area contributed by atoms with Gasteiger partial charge in [0.1, 0.15) is 0 Å². The van der Waals surface area contributed by atoms with E-state index in [1.807, 2.05) is 30.3 Å². The Labute approximate surface area is 118 Å². The van der Waals surface area contributed by atoms with E-state index in [0.717, 1.165) is 11.3 Å². The number of nitrogens with one attached hydrogen (secondary N) is 1. The number of hydrogen-bond donors (Lipinski definition) is 2. The van der Waals surface area contributed by atoms with Gasteiger partial charge in [-0.15, -0.1) is 6.58 Å². The van der Waals surface area contributed by atoms with E-state index in [2.05, 4.69) is 11.9 Å². The molecular formula is C15H15NO3S. The molecule has 4 nitrogen and oxygen atoms in total. The first kappa shape index (κ1) is 14.3. The van der Waals surface area contributed by atoms with Gasteiger partial charge >= 0.3 is 0 Å². The molecule has 0 bridgehead atoms. The normalized spacial score (nSPS) is 12.7. The molecule has 2 aromatic rings. The lowest BCUT2D eigenvalue weighted by molar-refractivity contribution is 0.483. The van der Waals surface area contributed by atoms with Crippen LogP contribution in [0, 0.1) is 0 Å². The van der Waals surface area contributed by atoms with E-state index in [4.69, 9.17) is 4.55 Å². The molecule has 0 fully saturated rings. The van der Waals surface area contributed by atoms with Crippen molar-refractivity contribution in [3.63, 3.8) is 0 Å². The van der Waals surface area contributed by atoms with Gasteiger partial charge in [-0.3, -0.25) is 4.55 Å². The molecule has 2 N–H and O–H groups in total. The zero-order valence-electron chi connectivity index (χ0n) is 10.7. The van der Waals surface area contributed by atoms with Crippen LogP contribution in [0.2, 0.25) is 0 Å². The summed E-state index contributed by atoms with van der Waals surface area (Å²) in [6.07, 6.45) is 1.77. The first-order valence-electron chi connectivity index (χ1n) is 6.02. The molecule has 0 spiro atoms.